The van der Waals surface area contributed by atoms with E-state index >= 15 is 0 Å². The first kappa shape index (κ1) is 28.8. The van der Waals surface area contributed by atoms with Gasteiger partial charge >= 0.3 is 0 Å². The zero-order valence-corrected chi connectivity index (χ0v) is 23.4. The number of nitrogens with one attached hydrogen (secondary N) is 3. The van der Waals surface area contributed by atoms with E-state index in [0.29, 0.717) is 34.3 Å². The van der Waals surface area contributed by atoms with Gasteiger partial charge in [-0.15, -0.1) is 0 Å². The molecule has 0 spiro atoms. The van der Waals surface area contributed by atoms with Gasteiger partial charge in [0.15, 0.2) is 11.5 Å². The van der Waals surface area contributed by atoms with Gasteiger partial charge in [-0.25, -0.2) is 4.98 Å². The Morgan fingerprint density at radius 2 is 1.67 bits per heavy atom. The third-order valence-electron chi connectivity index (χ3n) is 6.89. The van der Waals surface area contributed by atoms with Crippen LogP contribution in [0.1, 0.15) is 39.1 Å². The van der Waals surface area contributed by atoms with Gasteiger partial charge in [0, 0.05) is 47.8 Å². The number of hydrogen-bond acceptors (Lipinski definition) is 10. The summed E-state index contributed by atoms with van der Waals surface area (Å²) in [6.45, 7) is 0. The SMILES string of the molecule is COc1cc(Nc2ncccc2/C=C/C(=O)Nc2ccc3c(c2)C(=O)N(C2CCC(=O)NC2=O)C3=O)cc(OC)c1OC. The number of imide groups is 2. The van der Waals surface area contributed by atoms with Gasteiger partial charge in [-0.05, 0) is 42.8 Å². The lowest BCUT2D eigenvalue weighted by Gasteiger charge is -2.27. The maximum absolute atomic E-state index is 13.1. The highest BCUT2D eigenvalue weighted by Crippen LogP contribution is 2.40. The number of carbonyl (C=O) groups excluding carboxylic acids is 5. The van der Waals surface area contributed by atoms with Crippen molar-refractivity contribution in [3.63, 3.8) is 0 Å². The van der Waals surface area contributed by atoms with Gasteiger partial charge < -0.3 is 24.8 Å². The van der Waals surface area contributed by atoms with E-state index in [1.165, 1.54) is 45.6 Å². The largest absolute Gasteiger partial charge is 0.493 e. The number of benzene rings is 2. The first-order valence-electron chi connectivity index (χ1n) is 13.1. The summed E-state index contributed by atoms with van der Waals surface area (Å²) in [5.41, 5.74) is 1.65. The van der Waals surface area contributed by atoms with Gasteiger partial charge in [0.1, 0.15) is 11.9 Å². The Kier molecular flexibility index (Phi) is 8.05. The lowest BCUT2D eigenvalue weighted by molar-refractivity contribution is -0.136. The molecule has 43 heavy (non-hydrogen) atoms. The maximum Gasteiger partial charge on any atom is 0.262 e. The zero-order chi connectivity index (χ0) is 30.7. The van der Waals surface area contributed by atoms with Crippen molar-refractivity contribution in [1.29, 1.82) is 0 Å². The number of anilines is 3. The Morgan fingerprint density at radius 3 is 2.35 bits per heavy atom. The minimum atomic E-state index is -1.08. The average molecular weight is 586 g/mol. The number of nitrogens with zero attached hydrogens (tertiary/aromatic N) is 2. The van der Waals surface area contributed by atoms with Crippen LogP contribution in [0.4, 0.5) is 17.2 Å². The summed E-state index contributed by atoms with van der Waals surface area (Å²) in [6.07, 6.45) is 4.53. The van der Waals surface area contributed by atoms with Crippen LogP contribution < -0.4 is 30.2 Å². The maximum atomic E-state index is 13.1. The van der Waals surface area contributed by atoms with Gasteiger partial charge in [0.05, 0.1) is 32.5 Å². The number of pyridine rings is 1. The van der Waals surface area contributed by atoms with Gasteiger partial charge in [0.25, 0.3) is 11.8 Å². The Labute approximate surface area is 245 Å². The van der Waals surface area contributed by atoms with E-state index in [1.54, 1.807) is 36.5 Å². The number of carbonyl (C=O) groups is 5. The smallest absolute Gasteiger partial charge is 0.262 e. The van der Waals surface area contributed by atoms with E-state index in [9.17, 15) is 24.0 Å². The second-order valence-corrected chi connectivity index (χ2v) is 9.51. The Morgan fingerprint density at radius 1 is 0.953 bits per heavy atom. The van der Waals surface area contributed by atoms with E-state index in [0.717, 1.165) is 4.90 Å². The second-order valence-electron chi connectivity index (χ2n) is 9.51. The summed E-state index contributed by atoms with van der Waals surface area (Å²) < 4.78 is 16.2. The fourth-order valence-corrected chi connectivity index (χ4v) is 4.84. The minimum absolute atomic E-state index is 0.0219. The van der Waals surface area contributed by atoms with Crippen LogP contribution in [0.2, 0.25) is 0 Å². The van der Waals surface area contributed by atoms with Crippen molar-refractivity contribution >= 4 is 52.8 Å². The highest BCUT2D eigenvalue weighted by Gasteiger charge is 2.44. The normalized spacial score (nSPS) is 16.2. The van der Waals surface area contributed by atoms with Crippen LogP contribution in [0.15, 0.2) is 54.7 Å². The van der Waals surface area contributed by atoms with E-state index in [4.69, 9.17) is 14.2 Å². The summed E-state index contributed by atoms with van der Waals surface area (Å²) in [5, 5.41) is 8.03. The van der Waals surface area contributed by atoms with Crippen LogP contribution in [-0.4, -0.2) is 66.8 Å². The molecule has 220 valence electrons. The van der Waals surface area contributed by atoms with Crippen LogP contribution in [0, 0.1) is 0 Å². The molecule has 1 unspecified atom stereocenters. The number of piperidine rings is 1. The molecular formula is C30H27N5O8. The molecule has 13 heteroatoms. The predicted octanol–water partition coefficient (Wildman–Crippen LogP) is 2.90. The fraction of sp³-hybridized carbons (Fsp3) is 0.200. The highest BCUT2D eigenvalue weighted by molar-refractivity contribution is 6.24. The van der Waals surface area contributed by atoms with Crippen LogP contribution in [0.5, 0.6) is 17.2 Å². The molecule has 5 amide bonds. The van der Waals surface area contributed by atoms with E-state index in [2.05, 4.69) is 20.9 Å². The molecule has 13 nitrogen and oxygen atoms in total. The van der Waals surface area contributed by atoms with Crippen LogP contribution in [-0.2, 0) is 14.4 Å². The van der Waals surface area contributed by atoms with Crippen molar-refractivity contribution in [1.82, 2.24) is 15.2 Å². The molecule has 2 aliphatic rings. The Bertz CT molecular complexity index is 1660. The van der Waals surface area contributed by atoms with E-state index < -0.39 is 35.6 Å². The lowest BCUT2D eigenvalue weighted by Crippen LogP contribution is -2.54. The van der Waals surface area contributed by atoms with Crippen LogP contribution in [0.3, 0.4) is 0 Å². The number of hydrogen-bond donors (Lipinski definition) is 3. The lowest BCUT2D eigenvalue weighted by atomic mass is 10.0. The minimum Gasteiger partial charge on any atom is -0.493 e. The number of fused-ring (bicyclic) bond motifs is 1. The Hall–Kier alpha value is -5.72. The molecule has 1 saturated heterocycles. The summed E-state index contributed by atoms with van der Waals surface area (Å²) in [7, 11) is 4.53. The number of rotatable bonds is 9. The van der Waals surface area contributed by atoms with Crippen molar-refractivity contribution in [3.05, 3.63) is 71.4 Å². The van der Waals surface area contributed by atoms with Gasteiger partial charge in [-0.2, -0.15) is 0 Å². The van der Waals surface area contributed by atoms with Crippen molar-refractivity contribution in [2.45, 2.75) is 18.9 Å². The summed E-state index contributed by atoms with van der Waals surface area (Å²) in [4.78, 5) is 67.8. The van der Waals surface area contributed by atoms with Crippen LogP contribution in [0.25, 0.3) is 6.08 Å². The number of methoxy groups -OCH3 is 3. The van der Waals surface area contributed by atoms with Crippen LogP contribution >= 0.6 is 0 Å². The number of aromatic nitrogens is 1. The highest BCUT2D eigenvalue weighted by atomic mass is 16.5. The monoisotopic (exact) mass is 585 g/mol. The number of amides is 5. The molecule has 3 N–H and O–H groups in total. The topological polar surface area (TPSA) is 165 Å². The third-order valence-corrected chi connectivity index (χ3v) is 6.89. The molecule has 0 radical (unpaired) electrons. The standard InChI is InChI=1S/C30H27N5O8/c1-41-22-14-18(15-23(42-2)26(22)43-3)33-27-16(5-4-12-31-27)6-10-24(36)32-17-7-8-19-20(13-17)30(40)35(29(19)39)21-9-11-25(37)34-28(21)38/h4-8,10,12-15,21H,9,11H2,1-3H3,(H,31,33)(H,32,36)(H,34,37,38)/b10-6+. The summed E-state index contributed by atoms with van der Waals surface area (Å²) >= 11 is 0. The van der Waals surface area contributed by atoms with E-state index in [-0.39, 0.29) is 29.7 Å². The molecule has 0 aliphatic carbocycles. The molecule has 0 saturated carbocycles. The molecule has 3 aromatic rings. The molecular weight excluding hydrogens is 558 g/mol. The van der Waals surface area contributed by atoms with Gasteiger partial charge in [0.2, 0.25) is 23.5 Å². The molecule has 5 rings (SSSR count). The quantitative estimate of drug-likeness (QED) is 0.251. The molecule has 1 atom stereocenters. The first-order valence-corrected chi connectivity index (χ1v) is 13.1. The molecule has 0 bridgehead atoms. The van der Waals surface area contributed by atoms with Crippen molar-refractivity contribution in [3.8, 4) is 17.2 Å². The molecule has 2 aromatic carbocycles. The number of ether oxygens (including phenoxy) is 3. The fourth-order valence-electron chi connectivity index (χ4n) is 4.84. The summed E-state index contributed by atoms with van der Waals surface area (Å²) in [6, 6.07) is 10.1. The summed E-state index contributed by atoms with van der Waals surface area (Å²) in [5.74, 6) is -1.15. The zero-order valence-electron chi connectivity index (χ0n) is 23.4. The van der Waals surface area contributed by atoms with Gasteiger partial charge in [-0.1, -0.05) is 0 Å². The van der Waals surface area contributed by atoms with E-state index in [1.807, 2.05) is 0 Å². The first-order chi connectivity index (χ1) is 20.7. The molecule has 1 aromatic heterocycles. The molecule has 2 aliphatic heterocycles. The second kappa shape index (κ2) is 12.0. The van der Waals surface area contributed by atoms with Crippen molar-refractivity contribution in [2.24, 2.45) is 0 Å². The van der Waals surface area contributed by atoms with Crippen molar-refractivity contribution in [2.75, 3.05) is 32.0 Å². The molecule has 3 heterocycles. The Balaban J connectivity index is 1.30. The van der Waals surface area contributed by atoms with Crippen molar-refractivity contribution < 1.29 is 38.2 Å². The average Bonchev–Trinajstić information content (AvgIpc) is 3.24. The molecule has 1 fully saturated rings. The third kappa shape index (κ3) is 5.73. The van der Waals surface area contributed by atoms with Gasteiger partial charge in [-0.3, -0.25) is 34.2 Å². The predicted molar refractivity (Wildman–Crippen MR) is 154 cm³/mol.